The summed E-state index contributed by atoms with van der Waals surface area (Å²) >= 11 is 0. The van der Waals surface area contributed by atoms with Gasteiger partial charge in [0.1, 0.15) is 6.04 Å². The highest BCUT2D eigenvalue weighted by molar-refractivity contribution is 5.86. The molecule has 3 unspecified atom stereocenters. The number of primary amides is 1. The SMILES string of the molecule is CC(C)C(NC(=O)CC1CC2CCC(C1)N2)C(N)=O.Cl. The fourth-order valence-corrected chi connectivity index (χ4v) is 3.40. The monoisotopic (exact) mass is 303 g/mol. The van der Waals surface area contributed by atoms with E-state index < -0.39 is 11.9 Å². The first-order valence-corrected chi connectivity index (χ1v) is 7.30. The van der Waals surface area contributed by atoms with Gasteiger partial charge in [0.15, 0.2) is 0 Å². The lowest BCUT2D eigenvalue weighted by Crippen LogP contribution is -2.48. The Morgan fingerprint density at radius 1 is 1.25 bits per heavy atom. The number of fused-ring (bicyclic) bond motifs is 2. The third-order valence-electron chi connectivity index (χ3n) is 4.33. The molecule has 20 heavy (non-hydrogen) atoms. The highest BCUT2D eigenvalue weighted by atomic mass is 35.5. The number of hydrogen-bond donors (Lipinski definition) is 3. The molecule has 2 rings (SSSR count). The van der Waals surface area contributed by atoms with Crippen LogP contribution in [0.3, 0.4) is 0 Å². The molecule has 2 fully saturated rings. The second-order valence-corrected chi connectivity index (χ2v) is 6.37. The molecule has 2 saturated heterocycles. The Balaban J connectivity index is 0.00000200. The number of hydrogen-bond acceptors (Lipinski definition) is 3. The van der Waals surface area contributed by atoms with Gasteiger partial charge in [0.25, 0.3) is 0 Å². The highest BCUT2D eigenvalue weighted by Crippen LogP contribution is 2.32. The average Bonchev–Trinajstić information content (AvgIpc) is 2.65. The van der Waals surface area contributed by atoms with E-state index in [9.17, 15) is 9.59 Å². The first kappa shape index (κ1) is 17.2. The van der Waals surface area contributed by atoms with Crippen LogP contribution in [0.25, 0.3) is 0 Å². The van der Waals surface area contributed by atoms with Crippen molar-refractivity contribution in [2.45, 2.75) is 64.1 Å². The van der Waals surface area contributed by atoms with Crippen molar-refractivity contribution in [3.05, 3.63) is 0 Å². The fraction of sp³-hybridized carbons (Fsp3) is 0.857. The van der Waals surface area contributed by atoms with Gasteiger partial charge < -0.3 is 16.4 Å². The molecule has 3 atom stereocenters. The van der Waals surface area contributed by atoms with Crippen LogP contribution in [-0.4, -0.2) is 29.9 Å². The van der Waals surface area contributed by atoms with Crippen molar-refractivity contribution in [1.82, 2.24) is 10.6 Å². The first-order valence-electron chi connectivity index (χ1n) is 7.30. The highest BCUT2D eigenvalue weighted by Gasteiger charge is 2.34. The molecule has 4 N–H and O–H groups in total. The van der Waals surface area contributed by atoms with Crippen molar-refractivity contribution in [3.63, 3.8) is 0 Å². The molecule has 0 radical (unpaired) electrons. The van der Waals surface area contributed by atoms with Gasteiger partial charge in [-0.05, 0) is 37.5 Å². The maximum Gasteiger partial charge on any atom is 0.240 e. The van der Waals surface area contributed by atoms with Gasteiger partial charge in [-0.1, -0.05) is 13.8 Å². The first-order chi connectivity index (χ1) is 8.95. The smallest absolute Gasteiger partial charge is 0.240 e. The van der Waals surface area contributed by atoms with Crippen molar-refractivity contribution in [2.24, 2.45) is 17.6 Å². The van der Waals surface area contributed by atoms with E-state index in [2.05, 4.69) is 10.6 Å². The number of carbonyl (C=O) groups is 2. The van der Waals surface area contributed by atoms with Crippen molar-refractivity contribution < 1.29 is 9.59 Å². The summed E-state index contributed by atoms with van der Waals surface area (Å²) in [5.41, 5.74) is 5.31. The Bertz CT molecular complexity index is 350. The topological polar surface area (TPSA) is 84.2 Å². The normalized spacial score (nSPS) is 29.6. The zero-order chi connectivity index (χ0) is 14.0. The molecule has 0 spiro atoms. The summed E-state index contributed by atoms with van der Waals surface area (Å²) in [6.45, 7) is 3.78. The van der Waals surface area contributed by atoms with Crippen LogP contribution in [0.1, 0.15) is 46.0 Å². The molecule has 2 bridgehead atoms. The molecular formula is C14H26ClN3O2. The van der Waals surface area contributed by atoms with Gasteiger partial charge in [-0.25, -0.2) is 0 Å². The van der Waals surface area contributed by atoms with E-state index in [1.54, 1.807) is 0 Å². The summed E-state index contributed by atoms with van der Waals surface area (Å²) in [5, 5.41) is 6.34. The number of halogens is 1. The number of nitrogens with one attached hydrogen (secondary N) is 2. The van der Waals surface area contributed by atoms with E-state index in [0.29, 0.717) is 24.4 Å². The van der Waals surface area contributed by atoms with E-state index in [1.807, 2.05) is 13.8 Å². The van der Waals surface area contributed by atoms with Crippen LogP contribution in [0.4, 0.5) is 0 Å². The minimum absolute atomic E-state index is 0. The minimum atomic E-state index is -0.550. The number of piperidine rings is 1. The van der Waals surface area contributed by atoms with Crippen LogP contribution in [0, 0.1) is 11.8 Å². The average molecular weight is 304 g/mol. The lowest BCUT2D eigenvalue weighted by atomic mass is 9.89. The van der Waals surface area contributed by atoms with Crippen LogP contribution in [-0.2, 0) is 9.59 Å². The molecule has 2 aliphatic heterocycles. The van der Waals surface area contributed by atoms with Crippen LogP contribution in [0.2, 0.25) is 0 Å². The van der Waals surface area contributed by atoms with Crippen LogP contribution < -0.4 is 16.4 Å². The zero-order valence-electron chi connectivity index (χ0n) is 12.2. The third kappa shape index (κ3) is 4.35. The predicted molar refractivity (Wildman–Crippen MR) is 80.5 cm³/mol. The third-order valence-corrected chi connectivity index (χ3v) is 4.33. The Morgan fingerprint density at radius 2 is 1.80 bits per heavy atom. The molecule has 2 amide bonds. The van der Waals surface area contributed by atoms with Crippen molar-refractivity contribution >= 4 is 24.2 Å². The van der Waals surface area contributed by atoms with Gasteiger partial charge in [0, 0.05) is 18.5 Å². The molecule has 0 aromatic heterocycles. The summed E-state index contributed by atoms with van der Waals surface area (Å²) in [4.78, 5) is 23.3. The molecule has 0 saturated carbocycles. The van der Waals surface area contributed by atoms with Crippen LogP contribution in [0.15, 0.2) is 0 Å². The van der Waals surface area contributed by atoms with Gasteiger partial charge in [-0.3, -0.25) is 9.59 Å². The predicted octanol–water partition coefficient (Wildman–Crippen LogP) is 0.955. The summed E-state index contributed by atoms with van der Waals surface area (Å²) in [6.07, 6.45) is 5.14. The molecule has 0 aromatic carbocycles. The van der Waals surface area contributed by atoms with Gasteiger partial charge in [0.05, 0.1) is 0 Å². The van der Waals surface area contributed by atoms with Crippen molar-refractivity contribution in [1.29, 1.82) is 0 Å². The number of nitrogens with two attached hydrogens (primary N) is 1. The van der Waals surface area contributed by atoms with Gasteiger partial charge >= 0.3 is 0 Å². The largest absolute Gasteiger partial charge is 0.368 e. The molecule has 5 nitrogen and oxygen atoms in total. The molecule has 0 aromatic rings. The second-order valence-electron chi connectivity index (χ2n) is 6.37. The zero-order valence-corrected chi connectivity index (χ0v) is 13.0. The van der Waals surface area contributed by atoms with E-state index >= 15 is 0 Å². The second kappa shape index (κ2) is 7.27. The standard InChI is InChI=1S/C14H25N3O2.ClH/c1-8(2)13(14(15)19)17-12(18)7-9-5-10-3-4-11(6-9)16-10;/h8-11,13,16H,3-7H2,1-2H3,(H2,15,19)(H,17,18);1H. The Labute approximate surface area is 126 Å². The van der Waals surface area contributed by atoms with Crippen LogP contribution in [0.5, 0.6) is 0 Å². The summed E-state index contributed by atoms with van der Waals surface area (Å²) in [5.74, 6) is -0.0115. The quantitative estimate of drug-likeness (QED) is 0.707. The molecule has 6 heteroatoms. The lowest BCUT2D eigenvalue weighted by molar-refractivity contribution is -0.129. The number of amides is 2. The summed E-state index contributed by atoms with van der Waals surface area (Å²) in [6, 6.07) is 0.633. The van der Waals surface area contributed by atoms with E-state index in [-0.39, 0.29) is 24.2 Å². The Morgan fingerprint density at radius 3 is 2.25 bits per heavy atom. The van der Waals surface area contributed by atoms with Crippen LogP contribution >= 0.6 is 12.4 Å². The Hall–Kier alpha value is -0.810. The summed E-state index contributed by atoms with van der Waals surface area (Å²) in [7, 11) is 0. The molecule has 116 valence electrons. The maximum atomic E-state index is 12.0. The minimum Gasteiger partial charge on any atom is -0.368 e. The summed E-state index contributed by atoms with van der Waals surface area (Å²) < 4.78 is 0. The maximum absolute atomic E-state index is 12.0. The van der Waals surface area contributed by atoms with Crippen molar-refractivity contribution in [3.8, 4) is 0 Å². The molecule has 2 aliphatic rings. The van der Waals surface area contributed by atoms with Gasteiger partial charge in [-0.2, -0.15) is 0 Å². The molecule has 0 aliphatic carbocycles. The Kier molecular flexibility index (Phi) is 6.27. The van der Waals surface area contributed by atoms with E-state index in [1.165, 1.54) is 12.8 Å². The van der Waals surface area contributed by atoms with E-state index in [0.717, 1.165) is 12.8 Å². The van der Waals surface area contributed by atoms with Gasteiger partial charge in [-0.15, -0.1) is 12.4 Å². The van der Waals surface area contributed by atoms with Crippen molar-refractivity contribution in [2.75, 3.05) is 0 Å². The molecule has 2 heterocycles. The van der Waals surface area contributed by atoms with Gasteiger partial charge in [0.2, 0.25) is 11.8 Å². The molecular weight excluding hydrogens is 278 g/mol. The lowest BCUT2D eigenvalue weighted by Gasteiger charge is -2.29. The number of rotatable bonds is 5. The fourth-order valence-electron chi connectivity index (χ4n) is 3.40. The van der Waals surface area contributed by atoms with E-state index in [4.69, 9.17) is 5.73 Å². The number of carbonyl (C=O) groups excluding carboxylic acids is 2.